The van der Waals surface area contributed by atoms with Gasteiger partial charge in [-0.05, 0) is 19.1 Å². The van der Waals surface area contributed by atoms with Gasteiger partial charge in [0, 0.05) is 12.1 Å². The minimum atomic E-state index is 0. The Bertz CT molecular complexity index is 555. The lowest BCUT2D eigenvalue weighted by molar-refractivity contribution is -0.683. The molecule has 19 heavy (non-hydrogen) atoms. The van der Waals surface area contributed by atoms with Crippen LogP contribution in [0.2, 0.25) is 0 Å². The number of ketones is 1. The Kier molecular flexibility index (Phi) is 5.95. The summed E-state index contributed by atoms with van der Waals surface area (Å²) in [5.41, 5.74) is 1.69. The van der Waals surface area contributed by atoms with Crippen LogP contribution in [0, 0.1) is 6.92 Å². The van der Waals surface area contributed by atoms with Crippen molar-refractivity contribution in [3.05, 3.63) is 59.9 Å². The molecule has 0 aliphatic carbocycles. The highest BCUT2D eigenvalue weighted by atomic mass is 127. The van der Waals surface area contributed by atoms with Gasteiger partial charge in [-0.1, -0.05) is 17.7 Å². The molecule has 1 aromatic carbocycles. The van der Waals surface area contributed by atoms with Crippen molar-refractivity contribution >= 4 is 5.78 Å². The second-order valence-corrected chi connectivity index (χ2v) is 4.17. The number of ether oxygens (including phenoxy) is 1. The minimum Gasteiger partial charge on any atom is -1.00 e. The summed E-state index contributed by atoms with van der Waals surface area (Å²) in [5, 5.41) is 0. The van der Waals surface area contributed by atoms with Crippen molar-refractivity contribution in [1.29, 1.82) is 0 Å². The molecule has 3 nitrogen and oxygen atoms in total. The van der Waals surface area contributed by atoms with Crippen LogP contribution in [0.1, 0.15) is 15.9 Å². The van der Waals surface area contributed by atoms with Crippen molar-refractivity contribution in [3.8, 4) is 5.75 Å². The first-order valence-corrected chi connectivity index (χ1v) is 5.82. The number of aryl methyl sites for hydroxylation is 1. The molecule has 0 amide bonds. The molecule has 0 aliphatic rings. The molecule has 100 valence electrons. The number of benzene rings is 1. The number of rotatable bonds is 4. The van der Waals surface area contributed by atoms with Gasteiger partial charge >= 0.3 is 0 Å². The summed E-state index contributed by atoms with van der Waals surface area (Å²) >= 11 is 0. The van der Waals surface area contributed by atoms with E-state index in [0.29, 0.717) is 17.9 Å². The number of carbonyl (C=O) groups excluding carboxylic acids is 1. The van der Waals surface area contributed by atoms with Crippen LogP contribution < -0.4 is 33.3 Å². The molecule has 0 unspecified atom stereocenters. The fourth-order valence-electron chi connectivity index (χ4n) is 1.83. The van der Waals surface area contributed by atoms with Crippen molar-refractivity contribution in [1.82, 2.24) is 0 Å². The van der Waals surface area contributed by atoms with E-state index in [9.17, 15) is 4.79 Å². The Balaban J connectivity index is 0.00000180. The topological polar surface area (TPSA) is 30.2 Å². The van der Waals surface area contributed by atoms with Crippen molar-refractivity contribution in [3.63, 3.8) is 0 Å². The van der Waals surface area contributed by atoms with Crippen LogP contribution in [0.25, 0.3) is 0 Å². The maximum Gasteiger partial charge on any atom is 0.231 e. The number of hydrogen-bond donors (Lipinski definition) is 0. The molecule has 2 rings (SSSR count). The van der Waals surface area contributed by atoms with Crippen molar-refractivity contribution in [2.45, 2.75) is 13.5 Å². The summed E-state index contributed by atoms with van der Waals surface area (Å²) in [7, 11) is 1.58. The number of nitrogens with zero attached hydrogens (tertiary/aromatic N) is 1. The van der Waals surface area contributed by atoms with Crippen molar-refractivity contribution in [2.75, 3.05) is 7.11 Å². The van der Waals surface area contributed by atoms with Crippen LogP contribution in [-0.4, -0.2) is 12.9 Å². The fraction of sp³-hybridized carbons (Fsp3) is 0.200. The van der Waals surface area contributed by atoms with Crippen LogP contribution in [0.5, 0.6) is 5.75 Å². The highest BCUT2D eigenvalue weighted by Gasteiger charge is 2.16. The first-order chi connectivity index (χ1) is 8.70. The van der Waals surface area contributed by atoms with E-state index in [4.69, 9.17) is 4.74 Å². The van der Waals surface area contributed by atoms with Crippen molar-refractivity contribution < 1.29 is 38.1 Å². The van der Waals surface area contributed by atoms with Gasteiger partial charge in [-0.25, -0.2) is 0 Å². The lowest BCUT2D eigenvalue weighted by atomic mass is 10.1. The fourth-order valence-corrected chi connectivity index (χ4v) is 1.83. The number of Topliss-reactive ketones (excluding diaryl/α,β-unsaturated/α-hetero) is 1. The Morgan fingerprint density at radius 3 is 2.53 bits per heavy atom. The SMILES string of the molecule is COc1ccc(C)cc1C(=O)C[n+]1ccccc1.[I-]. The molecule has 0 aliphatic heterocycles. The summed E-state index contributed by atoms with van der Waals surface area (Å²) in [6.45, 7) is 2.28. The highest BCUT2D eigenvalue weighted by molar-refractivity contribution is 5.97. The van der Waals surface area contributed by atoms with Gasteiger partial charge in [0.2, 0.25) is 12.3 Å². The Morgan fingerprint density at radius 1 is 1.21 bits per heavy atom. The first kappa shape index (κ1) is 15.6. The van der Waals surface area contributed by atoms with E-state index >= 15 is 0 Å². The summed E-state index contributed by atoms with van der Waals surface area (Å²) < 4.78 is 7.08. The predicted octanol–water partition coefficient (Wildman–Crippen LogP) is -0.822. The summed E-state index contributed by atoms with van der Waals surface area (Å²) in [5.74, 6) is 0.675. The summed E-state index contributed by atoms with van der Waals surface area (Å²) in [4.78, 5) is 12.2. The second-order valence-electron chi connectivity index (χ2n) is 4.17. The van der Waals surface area contributed by atoms with E-state index in [1.165, 1.54) is 0 Å². The third kappa shape index (κ3) is 4.02. The second kappa shape index (κ2) is 7.23. The number of aromatic nitrogens is 1. The average Bonchev–Trinajstić information content (AvgIpc) is 2.40. The standard InChI is InChI=1S/C15H16NO2.HI/c1-12-6-7-15(18-2)13(10-12)14(17)11-16-8-4-3-5-9-16;/h3-10H,11H2,1-2H3;1H/q+1;/p-1. The van der Waals surface area contributed by atoms with Gasteiger partial charge < -0.3 is 28.7 Å². The monoisotopic (exact) mass is 369 g/mol. The number of pyridine rings is 1. The maximum atomic E-state index is 12.2. The molecule has 0 spiro atoms. The van der Waals surface area contributed by atoms with E-state index in [-0.39, 0.29) is 29.8 Å². The average molecular weight is 369 g/mol. The molecule has 1 heterocycles. The lowest BCUT2D eigenvalue weighted by Gasteiger charge is -2.07. The maximum absolute atomic E-state index is 12.2. The van der Waals surface area contributed by atoms with E-state index < -0.39 is 0 Å². The molecule has 0 saturated carbocycles. The van der Waals surface area contributed by atoms with Crippen LogP contribution in [0.3, 0.4) is 0 Å². The van der Waals surface area contributed by atoms with Gasteiger partial charge in [0.25, 0.3) is 0 Å². The van der Waals surface area contributed by atoms with Crippen LogP contribution in [0.4, 0.5) is 0 Å². The zero-order chi connectivity index (χ0) is 13.0. The van der Waals surface area contributed by atoms with E-state index in [0.717, 1.165) is 5.56 Å². The van der Waals surface area contributed by atoms with Crippen molar-refractivity contribution in [2.24, 2.45) is 0 Å². The third-order valence-electron chi connectivity index (χ3n) is 2.76. The molecule has 2 aromatic rings. The molecule has 0 atom stereocenters. The molecule has 0 N–H and O–H groups in total. The Hall–Kier alpha value is -1.43. The molecule has 1 aromatic heterocycles. The minimum absolute atomic E-state index is 0. The summed E-state index contributed by atoms with van der Waals surface area (Å²) in [6.07, 6.45) is 3.75. The molecule has 0 radical (unpaired) electrons. The number of methoxy groups -OCH3 is 1. The third-order valence-corrected chi connectivity index (χ3v) is 2.76. The van der Waals surface area contributed by atoms with Crippen LogP contribution in [0.15, 0.2) is 48.8 Å². The smallest absolute Gasteiger partial charge is 0.231 e. The largest absolute Gasteiger partial charge is 1.00 e. The molecule has 4 heteroatoms. The molecule has 0 bridgehead atoms. The van der Waals surface area contributed by atoms with Gasteiger partial charge in [0.15, 0.2) is 12.4 Å². The quantitative estimate of drug-likeness (QED) is 0.401. The zero-order valence-corrected chi connectivity index (χ0v) is 13.1. The lowest BCUT2D eigenvalue weighted by Crippen LogP contribution is -3.00. The first-order valence-electron chi connectivity index (χ1n) is 5.82. The number of hydrogen-bond acceptors (Lipinski definition) is 2. The van der Waals surface area contributed by atoms with Gasteiger partial charge in [-0.2, -0.15) is 4.57 Å². The van der Waals surface area contributed by atoms with Gasteiger partial charge in [-0.3, -0.25) is 4.79 Å². The predicted molar refractivity (Wildman–Crippen MR) is 68.7 cm³/mol. The molecule has 0 fully saturated rings. The molecular weight excluding hydrogens is 353 g/mol. The van der Waals surface area contributed by atoms with Gasteiger partial charge in [-0.15, -0.1) is 0 Å². The number of carbonyl (C=O) groups is 1. The summed E-state index contributed by atoms with van der Waals surface area (Å²) in [6, 6.07) is 11.4. The van der Waals surface area contributed by atoms with Gasteiger partial charge in [0.1, 0.15) is 5.75 Å². The molecule has 0 saturated heterocycles. The number of halogens is 1. The Labute approximate surface area is 130 Å². The normalized spacial score (nSPS) is 9.58. The van der Waals surface area contributed by atoms with E-state index in [1.807, 2.05) is 60.3 Å². The molecular formula is C15H16INO2. The van der Waals surface area contributed by atoms with Crippen LogP contribution >= 0.6 is 0 Å². The van der Waals surface area contributed by atoms with E-state index in [1.54, 1.807) is 7.11 Å². The highest BCUT2D eigenvalue weighted by Crippen LogP contribution is 2.20. The van der Waals surface area contributed by atoms with E-state index in [2.05, 4.69) is 0 Å². The Morgan fingerprint density at radius 2 is 1.89 bits per heavy atom. The van der Waals surface area contributed by atoms with Crippen LogP contribution in [-0.2, 0) is 6.54 Å². The zero-order valence-electron chi connectivity index (χ0n) is 11.0. The van der Waals surface area contributed by atoms with Gasteiger partial charge in [0.05, 0.1) is 12.7 Å².